The first-order valence-electron chi connectivity index (χ1n) is 8.22. The number of benzene rings is 2. The first-order valence-corrected chi connectivity index (χ1v) is 8.22. The van der Waals surface area contributed by atoms with Crippen LogP contribution >= 0.6 is 0 Å². The molecule has 0 aromatic heterocycles. The second-order valence-corrected chi connectivity index (χ2v) is 5.93. The second-order valence-electron chi connectivity index (χ2n) is 5.93. The van der Waals surface area contributed by atoms with E-state index < -0.39 is 0 Å². The van der Waals surface area contributed by atoms with Crippen LogP contribution in [-0.4, -0.2) is 5.97 Å². The Morgan fingerprint density at radius 2 is 1.67 bits per heavy atom. The van der Waals surface area contributed by atoms with Crippen molar-refractivity contribution in [1.82, 2.24) is 0 Å². The van der Waals surface area contributed by atoms with E-state index >= 15 is 0 Å². The maximum absolute atomic E-state index is 12.6. The minimum atomic E-state index is -0.320. The standard InChI is InChI=1S/C21H19NO2/c1-2-9-17-19(15-10-5-3-6-11-15)18(14-22)20(24-21(17)23)16-12-7-4-8-13-16/h3-8,10-13,17,19H,2,9H2,1H3/t17-,19+/m0/s1. The van der Waals surface area contributed by atoms with Gasteiger partial charge in [-0.05, 0) is 12.0 Å². The van der Waals surface area contributed by atoms with Gasteiger partial charge in [-0.2, -0.15) is 5.26 Å². The summed E-state index contributed by atoms with van der Waals surface area (Å²) in [6, 6.07) is 21.5. The quantitative estimate of drug-likeness (QED) is 0.769. The number of nitriles is 1. The molecule has 3 heteroatoms. The lowest BCUT2D eigenvalue weighted by molar-refractivity contribution is -0.143. The molecule has 0 spiro atoms. The van der Waals surface area contributed by atoms with Crippen LogP contribution in [0, 0.1) is 17.2 Å². The molecule has 0 radical (unpaired) electrons. The Kier molecular flexibility index (Phi) is 4.77. The Morgan fingerprint density at radius 1 is 1.04 bits per heavy atom. The smallest absolute Gasteiger partial charge is 0.315 e. The van der Waals surface area contributed by atoms with E-state index in [9.17, 15) is 10.1 Å². The molecule has 120 valence electrons. The van der Waals surface area contributed by atoms with Crippen molar-refractivity contribution in [2.75, 3.05) is 0 Å². The Labute approximate surface area is 142 Å². The minimum absolute atomic E-state index is 0.247. The van der Waals surface area contributed by atoms with Crippen LogP contribution in [0.3, 0.4) is 0 Å². The molecule has 0 fully saturated rings. The number of allylic oxidation sites excluding steroid dienone is 1. The van der Waals surface area contributed by atoms with Gasteiger partial charge in [0.15, 0.2) is 5.76 Å². The Bertz CT molecular complexity index is 788. The van der Waals surface area contributed by atoms with E-state index in [1.165, 1.54) is 0 Å². The number of hydrogen-bond acceptors (Lipinski definition) is 3. The number of nitrogens with zero attached hydrogens (tertiary/aromatic N) is 1. The minimum Gasteiger partial charge on any atom is -0.425 e. The number of esters is 1. The van der Waals surface area contributed by atoms with Crippen LogP contribution in [0.2, 0.25) is 0 Å². The molecule has 0 bridgehead atoms. The van der Waals surface area contributed by atoms with E-state index in [1.807, 2.05) is 67.6 Å². The first kappa shape index (κ1) is 16.0. The summed E-state index contributed by atoms with van der Waals surface area (Å²) < 4.78 is 5.61. The maximum Gasteiger partial charge on any atom is 0.315 e. The van der Waals surface area contributed by atoms with Gasteiger partial charge in [-0.3, -0.25) is 4.79 Å². The fourth-order valence-corrected chi connectivity index (χ4v) is 3.29. The highest BCUT2D eigenvalue weighted by Gasteiger charge is 2.40. The molecule has 0 amide bonds. The van der Waals surface area contributed by atoms with Crippen molar-refractivity contribution in [2.24, 2.45) is 5.92 Å². The van der Waals surface area contributed by atoms with Crippen molar-refractivity contribution in [3.05, 3.63) is 77.4 Å². The van der Waals surface area contributed by atoms with E-state index in [-0.39, 0.29) is 17.8 Å². The van der Waals surface area contributed by atoms with Gasteiger partial charge in [-0.25, -0.2) is 0 Å². The number of hydrogen-bond donors (Lipinski definition) is 0. The van der Waals surface area contributed by atoms with Crippen LogP contribution in [0.5, 0.6) is 0 Å². The summed E-state index contributed by atoms with van der Waals surface area (Å²) in [5.41, 5.74) is 2.28. The normalized spacial score (nSPS) is 20.4. The Morgan fingerprint density at radius 3 is 2.25 bits per heavy atom. The summed E-state index contributed by atoms with van der Waals surface area (Å²) in [4.78, 5) is 12.6. The molecular weight excluding hydrogens is 298 g/mol. The summed E-state index contributed by atoms with van der Waals surface area (Å²) in [5, 5.41) is 9.83. The van der Waals surface area contributed by atoms with Crippen molar-refractivity contribution < 1.29 is 9.53 Å². The molecule has 3 rings (SSSR count). The number of carbonyl (C=O) groups excluding carboxylic acids is 1. The van der Waals surface area contributed by atoms with E-state index in [2.05, 4.69) is 6.07 Å². The molecule has 2 aromatic carbocycles. The average Bonchev–Trinajstić information content (AvgIpc) is 2.64. The van der Waals surface area contributed by atoms with Crippen molar-refractivity contribution in [3.63, 3.8) is 0 Å². The van der Waals surface area contributed by atoms with E-state index in [0.717, 1.165) is 17.5 Å². The van der Waals surface area contributed by atoms with Gasteiger partial charge in [-0.15, -0.1) is 0 Å². The molecule has 3 nitrogen and oxygen atoms in total. The van der Waals surface area contributed by atoms with Crippen LogP contribution in [0.25, 0.3) is 5.76 Å². The SMILES string of the molecule is CCC[C@@H]1C(=O)OC(c2ccccc2)=C(C#N)[C@@H]1c1ccccc1. The summed E-state index contributed by atoms with van der Waals surface area (Å²) in [7, 11) is 0. The van der Waals surface area contributed by atoms with Gasteiger partial charge in [-0.1, -0.05) is 74.0 Å². The van der Waals surface area contributed by atoms with Gasteiger partial charge in [0.2, 0.25) is 0 Å². The Balaban J connectivity index is 2.18. The summed E-state index contributed by atoms with van der Waals surface area (Å²) >= 11 is 0. The lowest BCUT2D eigenvalue weighted by Crippen LogP contribution is -2.30. The predicted octanol–water partition coefficient (Wildman–Crippen LogP) is 4.68. The number of rotatable bonds is 4. The van der Waals surface area contributed by atoms with Crippen molar-refractivity contribution in [3.8, 4) is 6.07 Å². The highest BCUT2D eigenvalue weighted by Crippen LogP contribution is 2.43. The monoisotopic (exact) mass is 317 g/mol. The third-order valence-corrected chi connectivity index (χ3v) is 4.38. The molecule has 1 heterocycles. The zero-order chi connectivity index (χ0) is 16.9. The highest BCUT2D eigenvalue weighted by molar-refractivity contribution is 5.87. The summed E-state index contributed by atoms with van der Waals surface area (Å²) in [6.07, 6.45) is 1.56. The fourth-order valence-electron chi connectivity index (χ4n) is 3.29. The van der Waals surface area contributed by atoms with E-state index in [4.69, 9.17) is 4.74 Å². The molecule has 2 aromatic rings. The predicted molar refractivity (Wildman–Crippen MR) is 92.6 cm³/mol. The second kappa shape index (κ2) is 7.14. The van der Waals surface area contributed by atoms with Gasteiger partial charge in [0.05, 0.1) is 17.6 Å². The van der Waals surface area contributed by atoms with Gasteiger partial charge in [0.1, 0.15) is 0 Å². The van der Waals surface area contributed by atoms with E-state index in [0.29, 0.717) is 17.8 Å². The van der Waals surface area contributed by atoms with Crippen LogP contribution in [0.4, 0.5) is 0 Å². The molecular formula is C21H19NO2. The van der Waals surface area contributed by atoms with Crippen LogP contribution in [0.15, 0.2) is 66.2 Å². The average molecular weight is 317 g/mol. The highest BCUT2D eigenvalue weighted by atomic mass is 16.5. The number of carbonyl (C=O) groups is 1. The van der Waals surface area contributed by atoms with Crippen LogP contribution in [0.1, 0.15) is 36.8 Å². The van der Waals surface area contributed by atoms with Gasteiger partial charge in [0, 0.05) is 11.5 Å². The molecule has 0 N–H and O–H groups in total. The molecule has 24 heavy (non-hydrogen) atoms. The van der Waals surface area contributed by atoms with Gasteiger partial charge < -0.3 is 4.74 Å². The molecule has 0 unspecified atom stereocenters. The number of cyclic esters (lactones) is 1. The molecule has 0 aliphatic carbocycles. The largest absolute Gasteiger partial charge is 0.425 e. The molecule has 0 saturated heterocycles. The Hall–Kier alpha value is -2.86. The molecule has 1 aliphatic rings. The van der Waals surface area contributed by atoms with Crippen LogP contribution < -0.4 is 0 Å². The van der Waals surface area contributed by atoms with Gasteiger partial charge >= 0.3 is 5.97 Å². The van der Waals surface area contributed by atoms with Crippen molar-refractivity contribution >= 4 is 11.7 Å². The lowest BCUT2D eigenvalue weighted by atomic mass is 9.76. The number of ether oxygens (including phenoxy) is 1. The van der Waals surface area contributed by atoms with Crippen molar-refractivity contribution in [2.45, 2.75) is 25.7 Å². The first-order chi connectivity index (χ1) is 11.8. The molecule has 1 aliphatic heterocycles. The molecule has 2 atom stereocenters. The van der Waals surface area contributed by atoms with Gasteiger partial charge in [0.25, 0.3) is 0 Å². The summed E-state index contributed by atoms with van der Waals surface area (Å²) in [6.45, 7) is 2.04. The van der Waals surface area contributed by atoms with Crippen molar-refractivity contribution in [1.29, 1.82) is 5.26 Å². The summed E-state index contributed by atoms with van der Waals surface area (Å²) in [5.74, 6) is -0.431. The third-order valence-electron chi connectivity index (χ3n) is 4.38. The maximum atomic E-state index is 12.6. The van der Waals surface area contributed by atoms with E-state index in [1.54, 1.807) is 0 Å². The zero-order valence-electron chi connectivity index (χ0n) is 13.6. The lowest BCUT2D eigenvalue weighted by Gasteiger charge is -2.31. The fraction of sp³-hybridized carbons (Fsp3) is 0.238. The van der Waals surface area contributed by atoms with Crippen LogP contribution in [-0.2, 0) is 9.53 Å². The molecule has 0 saturated carbocycles. The topological polar surface area (TPSA) is 50.1 Å². The third kappa shape index (κ3) is 2.96. The zero-order valence-corrected chi connectivity index (χ0v) is 13.6.